The van der Waals surface area contributed by atoms with Crippen LogP contribution in [0.4, 0.5) is 5.69 Å². The molecule has 0 radical (unpaired) electrons. The van der Waals surface area contributed by atoms with E-state index in [1.807, 2.05) is 0 Å². The van der Waals surface area contributed by atoms with Crippen LogP contribution in [-0.4, -0.2) is 41.1 Å². The number of rotatable bonds is 18. The summed E-state index contributed by atoms with van der Waals surface area (Å²) in [4.78, 5) is 0.101. The topological polar surface area (TPSA) is 105 Å². The lowest BCUT2D eigenvalue weighted by atomic mass is 10.0. The first-order chi connectivity index (χ1) is 17.7. The average Bonchev–Trinajstić information content (AvgIpc) is 2.85. The molecule has 0 saturated carbocycles. The smallest absolute Gasteiger partial charge is 0.282 e. The van der Waals surface area contributed by atoms with E-state index in [4.69, 9.17) is 0 Å². The Labute approximate surface area is 224 Å². The fourth-order valence-electron chi connectivity index (χ4n) is 4.08. The Bertz CT molecular complexity index is 1130. The number of nitrogens with zero attached hydrogens (tertiary/aromatic N) is 2. The quantitative estimate of drug-likeness (QED) is 0.159. The molecule has 9 heteroatoms. The van der Waals surface area contributed by atoms with Gasteiger partial charge in [0.15, 0.2) is 0 Å². The van der Waals surface area contributed by atoms with E-state index in [1.165, 1.54) is 101 Å². The van der Waals surface area contributed by atoms with Crippen molar-refractivity contribution in [2.24, 2.45) is 8.80 Å². The van der Waals surface area contributed by atoms with Gasteiger partial charge >= 0.3 is 0 Å². The molecule has 0 bridgehead atoms. The van der Waals surface area contributed by atoms with Crippen molar-refractivity contribution < 1.29 is 16.8 Å². The highest BCUT2D eigenvalue weighted by Crippen LogP contribution is 2.18. The van der Waals surface area contributed by atoms with E-state index in [0.717, 1.165) is 24.9 Å². The maximum atomic E-state index is 12.6. The molecule has 1 aliphatic carbocycles. The minimum Gasteiger partial charge on any atom is -0.385 e. The molecule has 0 aliphatic heterocycles. The van der Waals surface area contributed by atoms with Crippen LogP contribution in [0.2, 0.25) is 0 Å². The minimum absolute atomic E-state index is 0.101. The second kappa shape index (κ2) is 16.6. The molecule has 1 aromatic carbocycles. The fourth-order valence-corrected chi connectivity index (χ4v) is 5.57. The first kappa shape index (κ1) is 31.0. The van der Waals surface area contributed by atoms with Crippen molar-refractivity contribution in [1.82, 2.24) is 0 Å². The molecule has 0 spiro atoms. The molecule has 37 heavy (non-hydrogen) atoms. The lowest BCUT2D eigenvalue weighted by Gasteiger charge is -2.08. The standard InChI is InChI=1S/C28H43N3O4S2/c1-3-4-5-6-7-8-9-10-11-12-13-14-15-24-29-25-20-22-28(23-21-25)37(34,35)31-27-18-16-26(17-19-27)30-36(2,32)33/h16-23,29H,3-15,24H2,1-2H3. The van der Waals surface area contributed by atoms with Gasteiger partial charge in [-0.05, 0) is 55.0 Å². The molecular formula is C28H43N3O4S2. The summed E-state index contributed by atoms with van der Waals surface area (Å²) in [6.07, 6.45) is 23.9. The summed E-state index contributed by atoms with van der Waals surface area (Å²) in [6.45, 7) is 3.12. The Morgan fingerprint density at radius 2 is 1.05 bits per heavy atom. The van der Waals surface area contributed by atoms with Crippen LogP contribution in [0.1, 0.15) is 90.4 Å². The van der Waals surface area contributed by atoms with E-state index in [0.29, 0.717) is 0 Å². The average molecular weight is 550 g/mol. The summed E-state index contributed by atoms with van der Waals surface area (Å²) in [5, 5.41) is 3.35. The van der Waals surface area contributed by atoms with E-state index in [9.17, 15) is 16.8 Å². The molecular weight excluding hydrogens is 506 g/mol. The van der Waals surface area contributed by atoms with Gasteiger partial charge in [-0.15, -0.1) is 0 Å². The number of hydrogen-bond donors (Lipinski definition) is 1. The molecule has 0 aromatic heterocycles. The second-order valence-electron chi connectivity index (χ2n) is 9.60. The molecule has 0 amide bonds. The van der Waals surface area contributed by atoms with E-state index < -0.39 is 20.0 Å². The SMILES string of the molecule is CCCCCCCCCCCCCCCNc1ccc(S(=O)(=O)N=C2C=CC(=NS(C)(=O)=O)C=C2)cc1. The summed E-state index contributed by atoms with van der Waals surface area (Å²) >= 11 is 0. The third kappa shape index (κ3) is 13.7. The predicted molar refractivity (Wildman–Crippen MR) is 156 cm³/mol. The molecule has 0 fully saturated rings. The molecule has 7 nitrogen and oxygen atoms in total. The summed E-state index contributed by atoms with van der Waals surface area (Å²) in [7, 11) is -7.40. The van der Waals surface area contributed by atoms with Crippen molar-refractivity contribution in [1.29, 1.82) is 0 Å². The Balaban J connectivity index is 1.64. The van der Waals surface area contributed by atoms with Gasteiger partial charge in [-0.2, -0.15) is 17.2 Å². The van der Waals surface area contributed by atoms with Crippen LogP contribution >= 0.6 is 0 Å². The predicted octanol–water partition coefficient (Wildman–Crippen LogP) is 6.85. The van der Waals surface area contributed by atoms with Gasteiger partial charge in [0, 0.05) is 12.2 Å². The van der Waals surface area contributed by atoms with Crippen LogP contribution in [0.3, 0.4) is 0 Å². The highest BCUT2D eigenvalue weighted by molar-refractivity contribution is 7.90. The largest absolute Gasteiger partial charge is 0.385 e. The molecule has 2 rings (SSSR count). The molecule has 0 heterocycles. The molecule has 206 valence electrons. The van der Waals surface area contributed by atoms with Crippen LogP contribution in [-0.2, 0) is 20.0 Å². The zero-order valence-electron chi connectivity index (χ0n) is 22.4. The highest BCUT2D eigenvalue weighted by Gasteiger charge is 2.14. The van der Waals surface area contributed by atoms with Gasteiger partial charge in [0.25, 0.3) is 20.0 Å². The lowest BCUT2D eigenvalue weighted by molar-refractivity contribution is 0.541. The second-order valence-corrected chi connectivity index (χ2v) is 12.9. The fraction of sp³-hybridized carbons (Fsp3) is 0.571. The van der Waals surface area contributed by atoms with Crippen LogP contribution in [0, 0.1) is 0 Å². The van der Waals surface area contributed by atoms with Crippen molar-refractivity contribution in [3.05, 3.63) is 48.6 Å². The molecule has 0 saturated heterocycles. The summed E-state index contributed by atoms with van der Waals surface area (Å²) < 4.78 is 55.1. The van der Waals surface area contributed by atoms with E-state index in [1.54, 1.807) is 24.3 Å². The third-order valence-corrected chi connectivity index (χ3v) is 7.97. The first-order valence-electron chi connectivity index (χ1n) is 13.5. The number of hydrogen-bond acceptors (Lipinski definition) is 5. The number of unbranched alkanes of at least 4 members (excludes halogenated alkanes) is 12. The van der Waals surface area contributed by atoms with Gasteiger partial charge in [0.05, 0.1) is 22.6 Å². The Hall–Kier alpha value is -2.26. The van der Waals surface area contributed by atoms with Crippen LogP contribution in [0.5, 0.6) is 0 Å². The molecule has 1 aromatic rings. The van der Waals surface area contributed by atoms with E-state index >= 15 is 0 Å². The first-order valence-corrected chi connectivity index (χ1v) is 16.8. The van der Waals surface area contributed by atoms with Crippen molar-refractivity contribution in [3.63, 3.8) is 0 Å². The van der Waals surface area contributed by atoms with E-state index in [-0.39, 0.29) is 16.3 Å². The maximum absolute atomic E-state index is 12.6. The molecule has 1 aliphatic rings. The molecule has 1 N–H and O–H groups in total. The number of benzene rings is 1. The number of allylic oxidation sites excluding steroid dienone is 4. The van der Waals surface area contributed by atoms with Crippen LogP contribution < -0.4 is 5.32 Å². The molecule has 0 unspecified atom stereocenters. The van der Waals surface area contributed by atoms with Crippen molar-refractivity contribution >= 4 is 37.2 Å². The van der Waals surface area contributed by atoms with Crippen LogP contribution in [0.25, 0.3) is 0 Å². The summed E-state index contributed by atoms with van der Waals surface area (Å²) in [5.41, 5.74) is 1.31. The Morgan fingerprint density at radius 3 is 1.51 bits per heavy atom. The Kier molecular flexibility index (Phi) is 13.9. The lowest BCUT2D eigenvalue weighted by Crippen LogP contribution is -2.07. The minimum atomic E-state index is -3.88. The zero-order valence-corrected chi connectivity index (χ0v) is 24.0. The van der Waals surface area contributed by atoms with Gasteiger partial charge in [-0.3, -0.25) is 0 Å². The number of sulfonamides is 2. The molecule has 0 atom stereocenters. The summed E-state index contributed by atoms with van der Waals surface area (Å²) in [6, 6.07) is 6.58. The third-order valence-electron chi connectivity index (χ3n) is 6.11. The Morgan fingerprint density at radius 1 is 0.622 bits per heavy atom. The van der Waals surface area contributed by atoms with Gasteiger partial charge < -0.3 is 5.32 Å². The van der Waals surface area contributed by atoms with Crippen molar-refractivity contribution in [2.45, 2.75) is 95.3 Å². The van der Waals surface area contributed by atoms with Crippen LogP contribution in [0.15, 0.2) is 62.3 Å². The van der Waals surface area contributed by atoms with Gasteiger partial charge in [0.1, 0.15) is 0 Å². The normalized spacial score (nSPS) is 13.7. The van der Waals surface area contributed by atoms with Crippen molar-refractivity contribution in [2.75, 3.05) is 18.1 Å². The highest BCUT2D eigenvalue weighted by atomic mass is 32.2. The number of nitrogens with one attached hydrogen (secondary N) is 1. The number of anilines is 1. The monoisotopic (exact) mass is 549 g/mol. The summed E-state index contributed by atoms with van der Waals surface area (Å²) in [5.74, 6) is 0. The van der Waals surface area contributed by atoms with Gasteiger partial charge in [-0.25, -0.2) is 8.42 Å². The van der Waals surface area contributed by atoms with E-state index in [2.05, 4.69) is 21.0 Å². The van der Waals surface area contributed by atoms with Crippen molar-refractivity contribution in [3.8, 4) is 0 Å². The zero-order chi connectivity index (χ0) is 27.0. The maximum Gasteiger partial charge on any atom is 0.282 e. The van der Waals surface area contributed by atoms with Gasteiger partial charge in [-0.1, -0.05) is 84.0 Å². The van der Waals surface area contributed by atoms with Gasteiger partial charge in [0.2, 0.25) is 0 Å².